The Kier molecular flexibility index (Phi) is 4.88. The molecule has 0 unspecified atom stereocenters. The number of benzene rings is 1. The standard InChI is InChI=1S/C15H22O2/c1-4-7-12-8-10-13(11-9-12)14(16)15(17,5-2)6-3/h8-11,17H,4-7H2,1-3H3. The van der Waals surface area contributed by atoms with E-state index in [0.29, 0.717) is 18.4 Å². The van der Waals surface area contributed by atoms with Gasteiger partial charge in [0.05, 0.1) is 0 Å². The van der Waals surface area contributed by atoms with Crippen LogP contribution in [0.25, 0.3) is 0 Å². The topological polar surface area (TPSA) is 37.3 Å². The Morgan fingerprint density at radius 1 is 1.12 bits per heavy atom. The van der Waals surface area contributed by atoms with Crippen LogP contribution < -0.4 is 0 Å². The monoisotopic (exact) mass is 234 g/mol. The molecule has 0 aliphatic carbocycles. The van der Waals surface area contributed by atoms with Crippen LogP contribution in [0.2, 0.25) is 0 Å². The smallest absolute Gasteiger partial charge is 0.194 e. The van der Waals surface area contributed by atoms with E-state index in [1.807, 2.05) is 38.1 Å². The van der Waals surface area contributed by atoms with Crippen LogP contribution in [0, 0.1) is 0 Å². The minimum atomic E-state index is -1.20. The summed E-state index contributed by atoms with van der Waals surface area (Å²) in [5.74, 6) is -0.162. The fourth-order valence-electron chi connectivity index (χ4n) is 1.95. The van der Waals surface area contributed by atoms with Crippen molar-refractivity contribution in [2.45, 2.75) is 52.1 Å². The second kappa shape index (κ2) is 5.97. The van der Waals surface area contributed by atoms with Gasteiger partial charge >= 0.3 is 0 Å². The summed E-state index contributed by atoms with van der Waals surface area (Å²) in [6.07, 6.45) is 3.04. The molecule has 2 nitrogen and oxygen atoms in total. The van der Waals surface area contributed by atoms with Crippen molar-refractivity contribution in [3.63, 3.8) is 0 Å². The molecule has 1 aromatic carbocycles. The first kappa shape index (κ1) is 13.9. The molecule has 0 atom stereocenters. The summed E-state index contributed by atoms with van der Waals surface area (Å²) in [7, 11) is 0. The molecule has 0 amide bonds. The van der Waals surface area contributed by atoms with Gasteiger partial charge in [-0.1, -0.05) is 51.5 Å². The molecule has 0 aliphatic heterocycles. The van der Waals surface area contributed by atoms with Crippen molar-refractivity contribution in [1.29, 1.82) is 0 Å². The van der Waals surface area contributed by atoms with Gasteiger partial charge in [-0.2, -0.15) is 0 Å². The first-order chi connectivity index (χ1) is 8.07. The van der Waals surface area contributed by atoms with Gasteiger partial charge in [0.1, 0.15) is 5.60 Å². The molecule has 0 aliphatic rings. The Morgan fingerprint density at radius 2 is 1.65 bits per heavy atom. The highest BCUT2D eigenvalue weighted by atomic mass is 16.3. The maximum absolute atomic E-state index is 12.1. The van der Waals surface area contributed by atoms with Crippen molar-refractivity contribution in [2.24, 2.45) is 0 Å². The summed E-state index contributed by atoms with van der Waals surface area (Å²) in [6, 6.07) is 7.60. The van der Waals surface area contributed by atoms with Crippen LogP contribution in [-0.4, -0.2) is 16.5 Å². The number of hydrogen-bond acceptors (Lipinski definition) is 2. The Morgan fingerprint density at radius 3 is 2.06 bits per heavy atom. The Labute approximate surface area is 104 Å². The number of carbonyl (C=O) groups is 1. The lowest BCUT2D eigenvalue weighted by Crippen LogP contribution is -2.37. The molecule has 94 valence electrons. The Hall–Kier alpha value is -1.15. The fraction of sp³-hybridized carbons (Fsp3) is 0.533. The molecular formula is C15H22O2. The molecule has 0 fully saturated rings. The number of aliphatic hydroxyl groups is 1. The van der Waals surface area contributed by atoms with Gasteiger partial charge in [-0.05, 0) is 24.8 Å². The summed E-state index contributed by atoms with van der Waals surface area (Å²) < 4.78 is 0. The van der Waals surface area contributed by atoms with E-state index in [1.165, 1.54) is 5.56 Å². The maximum Gasteiger partial charge on any atom is 0.194 e. The zero-order chi connectivity index (χ0) is 12.9. The third-order valence-corrected chi connectivity index (χ3v) is 3.35. The van der Waals surface area contributed by atoms with Gasteiger partial charge in [0, 0.05) is 5.56 Å². The van der Waals surface area contributed by atoms with Crippen molar-refractivity contribution < 1.29 is 9.90 Å². The van der Waals surface area contributed by atoms with E-state index >= 15 is 0 Å². The molecule has 0 aromatic heterocycles. The molecule has 0 bridgehead atoms. The molecule has 0 radical (unpaired) electrons. The molecule has 1 aromatic rings. The van der Waals surface area contributed by atoms with E-state index < -0.39 is 5.60 Å². The summed E-state index contributed by atoms with van der Waals surface area (Å²) in [4.78, 5) is 12.1. The number of aryl methyl sites for hydroxylation is 1. The normalized spacial score (nSPS) is 11.5. The van der Waals surface area contributed by atoms with E-state index in [4.69, 9.17) is 0 Å². The van der Waals surface area contributed by atoms with Crippen molar-refractivity contribution in [3.8, 4) is 0 Å². The highest BCUT2D eigenvalue weighted by Crippen LogP contribution is 2.21. The minimum Gasteiger partial charge on any atom is -0.382 e. The van der Waals surface area contributed by atoms with E-state index in [9.17, 15) is 9.90 Å². The van der Waals surface area contributed by atoms with Gasteiger partial charge in [0.25, 0.3) is 0 Å². The van der Waals surface area contributed by atoms with E-state index in [-0.39, 0.29) is 5.78 Å². The van der Waals surface area contributed by atoms with Gasteiger partial charge in [0.2, 0.25) is 0 Å². The zero-order valence-corrected chi connectivity index (χ0v) is 11.0. The lowest BCUT2D eigenvalue weighted by molar-refractivity contribution is 0.0277. The number of Topliss-reactive ketones (excluding diaryl/α,β-unsaturated/α-hetero) is 1. The third-order valence-electron chi connectivity index (χ3n) is 3.35. The fourth-order valence-corrected chi connectivity index (χ4v) is 1.95. The summed E-state index contributed by atoms with van der Waals surface area (Å²) in [5.41, 5.74) is 0.642. The number of carbonyl (C=O) groups excluding carboxylic acids is 1. The molecule has 0 saturated heterocycles. The van der Waals surface area contributed by atoms with Gasteiger partial charge in [0.15, 0.2) is 5.78 Å². The molecule has 2 heteroatoms. The van der Waals surface area contributed by atoms with Crippen molar-refractivity contribution in [3.05, 3.63) is 35.4 Å². The van der Waals surface area contributed by atoms with Crippen LogP contribution in [0.3, 0.4) is 0 Å². The first-order valence-electron chi connectivity index (χ1n) is 6.43. The molecule has 1 rings (SSSR count). The Bertz CT molecular complexity index is 361. The lowest BCUT2D eigenvalue weighted by atomic mass is 9.88. The average molecular weight is 234 g/mol. The highest BCUT2D eigenvalue weighted by Gasteiger charge is 2.32. The molecule has 0 saturated carbocycles. The quantitative estimate of drug-likeness (QED) is 0.766. The van der Waals surface area contributed by atoms with Crippen LogP contribution >= 0.6 is 0 Å². The molecule has 0 spiro atoms. The zero-order valence-electron chi connectivity index (χ0n) is 11.0. The summed E-state index contributed by atoms with van der Waals surface area (Å²) in [5, 5.41) is 10.2. The molecular weight excluding hydrogens is 212 g/mol. The maximum atomic E-state index is 12.1. The number of rotatable bonds is 6. The summed E-state index contributed by atoms with van der Waals surface area (Å²) >= 11 is 0. The second-order valence-electron chi connectivity index (χ2n) is 4.51. The van der Waals surface area contributed by atoms with Crippen molar-refractivity contribution in [2.75, 3.05) is 0 Å². The van der Waals surface area contributed by atoms with Gasteiger partial charge in [-0.25, -0.2) is 0 Å². The predicted molar refractivity (Wildman–Crippen MR) is 70.3 cm³/mol. The number of hydrogen-bond donors (Lipinski definition) is 1. The summed E-state index contributed by atoms with van der Waals surface area (Å²) in [6.45, 7) is 5.81. The van der Waals surface area contributed by atoms with Gasteiger partial charge in [-0.15, -0.1) is 0 Å². The predicted octanol–water partition coefficient (Wildman–Crippen LogP) is 3.37. The van der Waals surface area contributed by atoms with Gasteiger partial charge < -0.3 is 5.11 Å². The van der Waals surface area contributed by atoms with Crippen molar-refractivity contribution >= 4 is 5.78 Å². The lowest BCUT2D eigenvalue weighted by Gasteiger charge is -2.23. The van der Waals surface area contributed by atoms with Crippen LogP contribution in [0.1, 0.15) is 56.0 Å². The van der Waals surface area contributed by atoms with Crippen LogP contribution in [0.15, 0.2) is 24.3 Å². The Balaban J connectivity index is 2.89. The van der Waals surface area contributed by atoms with E-state index in [2.05, 4.69) is 6.92 Å². The van der Waals surface area contributed by atoms with Gasteiger partial charge in [-0.3, -0.25) is 4.79 Å². The molecule has 17 heavy (non-hydrogen) atoms. The van der Waals surface area contributed by atoms with Crippen molar-refractivity contribution in [1.82, 2.24) is 0 Å². The average Bonchev–Trinajstić information content (AvgIpc) is 2.38. The number of ketones is 1. The SMILES string of the molecule is CCCc1ccc(C(=O)C(O)(CC)CC)cc1. The van der Waals surface area contributed by atoms with Crippen LogP contribution in [0.4, 0.5) is 0 Å². The van der Waals surface area contributed by atoms with E-state index in [1.54, 1.807) is 0 Å². The highest BCUT2D eigenvalue weighted by molar-refractivity contribution is 6.02. The third kappa shape index (κ3) is 3.16. The molecule has 0 heterocycles. The second-order valence-corrected chi connectivity index (χ2v) is 4.51. The molecule has 1 N–H and O–H groups in total. The first-order valence-corrected chi connectivity index (χ1v) is 6.43. The van der Waals surface area contributed by atoms with Crippen LogP contribution in [-0.2, 0) is 6.42 Å². The van der Waals surface area contributed by atoms with Crippen LogP contribution in [0.5, 0.6) is 0 Å². The largest absolute Gasteiger partial charge is 0.382 e. The minimum absolute atomic E-state index is 0.162. The van der Waals surface area contributed by atoms with E-state index in [0.717, 1.165) is 12.8 Å².